The number of hydrogen-bond acceptors (Lipinski definition) is 2. The van der Waals surface area contributed by atoms with Gasteiger partial charge in [0.2, 0.25) is 5.95 Å². The monoisotopic (exact) mass is 217 g/mol. The summed E-state index contributed by atoms with van der Waals surface area (Å²) in [7, 11) is 2.08. The van der Waals surface area contributed by atoms with Gasteiger partial charge in [-0.05, 0) is 24.5 Å². The molecule has 0 spiro atoms. The molecule has 3 nitrogen and oxygen atoms in total. The number of imidazole rings is 1. The molecule has 0 saturated heterocycles. The highest BCUT2D eigenvalue weighted by Gasteiger charge is 2.07. The number of nitrogens with one attached hydrogen (secondary N) is 1. The number of anilines is 1. The van der Waals surface area contributed by atoms with Gasteiger partial charge in [0.15, 0.2) is 0 Å². The highest BCUT2D eigenvalue weighted by molar-refractivity contribution is 5.77. The van der Waals surface area contributed by atoms with Crippen LogP contribution in [-0.2, 0) is 0 Å². The Morgan fingerprint density at radius 3 is 2.75 bits per heavy atom. The molecule has 0 aliphatic rings. The minimum atomic E-state index is 0.729. The SMILES string of the molecule is CC(C)CCN(C)c1nc2ccccc2[nH]1. The van der Waals surface area contributed by atoms with Gasteiger partial charge in [-0.25, -0.2) is 4.98 Å². The van der Waals surface area contributed by atoms with Crippen molar-refractivity contribution in [1.82, 2.24) is 9.97 Å². The van der Waals surface area contributed by atoms with Crippen molar-refractivity contribution in [2.45, 2.75) is 20.3 Å². The number of rotatable bonds is 4. The number of H-pyrrole nitrogens is 1. The number of hydrogen-bond donors (Lipinski definition) is 1. The zero-order chi connectivity index (χ0) is 11.5. The third-order valence-corrected chi connectivity index (χ3v) is 2.78. The molecule has 0 aliphatic carbocycles. The van der Waals surface area contributed by atoms with Crippen molar-refractivity contribution in [3.05, 3.63) is 24.3 Å². The topological polar surface area (TPSA) is 31.9 Å². The predicted octanol–water partition coefficient (Wildman–Crippen LogP) is 3.05. The van der Waals surface area contributed by atoms with Gasteiger partial charge in [-0.3, -0.25) is 0 Å². The van der Waals surface area contributed by atoms with Crippen LogP contribution in [-0.4, -0.2) is 23.6 Å². The fourth-order valence-electron chi connectivity index (χ4n) is 1.68. The van der Waals surface area contributed by atoms with Gasteiger partial charge < -0.3 is 9.88 Å². The molecule has 0 fully saturated rings. The lowest BCUT2D eigenvalue weighted by Gasteiger charge is -2.16. The van der Waals surface area contributed by atoms with Gasteiger partial charge in [0.25, 0.3) is 0 Å². The summed E-state index contributed by atoms with van der Waals surface area (Å²) in [5.41, 5.74) is 2.14. The molecule has 1 heterocycles. The van der Waals surface area contributed by atoms with Crippen LogP contribution in [0.15, 0.2) is 24.3 Å². The molecule has 0 radical (unpaired) electrons. The molecule has 1 aromatic heterocycles. The minimum absolute atomic E-state index is 0.729. The maximum atomic E-state index is 4.56. The van der Waals surface area contributed by atoms with Gasteiger partial charge in [-0.15, -0.1) is 0 Å². The van der Waals surface area contributed by atoms with Gasteiger partial charge in [0.05, 0.1) is 11.0 Å². The molecule has 0 saturated carbocycles. The van der Waals surface area contributed by atoms with Crippen LogP contribution in [0.5, 0.6) is 0 Å². The van der Waals surface area contributed by atoms with Crippen molar-refractivity contribution >= 4 is 17.0 Å². The molecule has 1 N–H and O–H groups in total. The van der Waals surface area contributed by atoms with E-state index in [2.05, 4.69) is 41.8 Å². The van der Waals surface area contributed by atoms with Crippen molar-refractivity contribution in [2.75, 3.05) is 18.5 Å². The quantitative estimate of drug-likeness (QED) is 0.853. The van der Waals surface area contributed by atoms with Crippen LogP contribution < -0.4 is 4.90 Å². The molecule has 0 amide bonds. The molecule has 2 rings (SSSR count). The highest BCUT2D eigenvalue weighted by atomic mass is 15.2. The van der Waals surface area contributed by atoms with E-state index in [1.807, 2.05) is 18.2 Å². The van der Waals surface area contributed by atoms with E-state index in [0.29, 0.717) is 0 Å². The summed E-state index contributed by atoms with van der Waals surface area (Å²) in [6, 6.07) is 8.13. The molecule has 86 valence electrons. The van der Waals surface area contributed by atoms with Crippen LogP contribution in [0.3, 0.4) is 0 Å². The van der Waals surface area contributed by atoms with E-state index < -0.39 is 0 Å². The van der Waals surface area contributed by atoms with Crippen LogP contribution in [0.25, 0.3) is 11.0 Å². The van der Waals surface area contributed by atoms with Crippen LogP contribution in [0.1, 0.15) is 20.3 Å². The van der Waals surface area contributed by atoms with Gasteiger partial charge in [0.1, 0.15) is 0 Å². The summed E-state index contributed by atoms with van der Waals surface area (Å²) >= 11 is 0. The maximum absolute atomic E-state index is 4.56. The summed E-state index contributed by atoms with van der Waals surface area (Å²) in [4.78, 5) is 10.1. The zero-order valence-electron chi connectivity index (χ0n) is 10.2. The molecule has 0 atom stereocenters. The number of benzene rings is 1. The largest absolute Gasteiger partial charge is 0.345 e. The molecular formula is C13H19N3. The van der Waals surface area contributed by atoms with E-state index in [1.165, 1.54) is 6.42 Å². The standard InChI is InChI=1S/C13H19N3/c1-10(2)8-9-16(3)13-14-11-6-4-5-7-12(11)15-13/h4-7,10H,8-9H2,1-3H3,(H,14,15). The number of nitrogens with zero attached hydrogens (tertiary/aromatic N) is 2. The van der Waals surface area contributed by atoms with E-state index in [4.69, 9.17) is 0 Å². The normalized spacial score (nSPS) is 11.2. The maximum Gasteiger partial charge on any atom is 0.203 e. The second-order valence-corrected chi connectivity index (χ2v) is 4.68. The third kappa shape index (κ3) is 2.35. The average Bonchev–Trinajstić information content (AvgIpc) is 2.69. The Balaban J connectivity index is 2.13. The van der Waals surface area contributed by atoms with Gasteiger partial charge in [-0.1, -0.05) is 26.0 Å². The van der Waals surface area contributed by atoms with E-state index in [0.717, 1.165) is 29.4 Å². The Hall–Kier alpha value is -1.51. The first-order valence-electron chi connectivity index (χ1n) is 5.82. The molecular weight excluding hydrogens is 198 g/mol. The fraction of sp³-hybridized carbons (Fsp3) is 0.462. The van der Waals surface area contributed by atoms with Crippen molar-refractivity contribution < 1.29 is 0 Å². The lowest BCUT2D eigenvalue weighted by Crippen LogP contribution is -2.20. The summed E-state index contributed by atoms with van der Waals surface area (Å²) in [6.07, 6.45) is 1.19. The lowest BCUT2D eigenvalue weighted by atomic mass is 10.1. The second-order valence-electron chi connectivity index (χ2n) is 4.68. The Morgan fingerprint density at radius 1 is 1.31 bits per heavy atom. The van der Waals surface area contributed by atoms with E-state index in [9.17, 15) is 0 Å². The fourth-order valence-corrected chi connectivity index (χ4v) is 1.68. The van der Waals surface area contributed by atoms with Crippen molar-refractivity contribution in [1.29, 1.82) is 0 Å². The number of aromatic nitrogens is 2. The van der Waals surface area contributed by atoms with Crippen molar-refractivity contribution in [3.63, 3.8) is 0 Å². The molecule has 2 aromatic rings. The zero-order valence-corrected chi connectivity index (χ0v) is 10.2. The molecule has 0 unspecified atom stereocenters. The summed E-state index contributed by atoms with van der Waals surface area (Å²) in [6.45, 7) is 5.52. The first-order chi connectivity index (χ1) is 7.66. The molecule has 3 heteroatoms. The van der Waals surface area contributed by atoms with E-state index in [-0.39, 0.29) is 0 Å². The summed E-state index contributed by atoms with van der Waals surface area (Å²) < 4.78 is 0. The van der Waals surface area contributed by atoms with Gasteiger partial charge >= 0.3 is 0 Å². The Kier molecular flexibility index (Phi) is 3.13. The number of para-hydroxylation sites is 2. The van der Waals surface area contributed by atoms with Crippen LogP contribution in [0, 0.1) is 5.92 Å². The van der Waals surface area contributed by atoms with Crippen molar-refractivity contribution in [2.24, 2.45) is 5.92 Å². The first kappa shape index (κ1) is 11.0. The first-order valence-corrected chi connectivity index (χ1v) is 5.82. The van der Waals surface area contributed by atoms with Crippen LogP contribution in [0.4, 0.5) is 5.95 Å². The van der Waals surface area contributed by atoms with Gasteiger partial charge in [0, 0.05) is 13.6 Å². The smallest absolute Gasteiger partial charge is 0.203 e. The third-order valence-electron chi connectivity index (χ3n) is 2.78. The Labute approximate surface area is 96.5 Å². The highest BCUT2D eigenvalue weighted by Crippen LogP contribution is 2.16. The summed E-state index contributed by atoms with van der Waals surface area (Å²) in [5, 5.41) is 0. The van der Waals surface area contributed by atoms with E-state index in [1.54, 1.807) is 0 Å². The van der Waals surface area contributed by atoms with Crippen molar-refractivity contribution in [3.8, 4) is 0 Å². The second kappa shape index (κ2) is 4.56. The molecule has 16 heavy (non-hydrogen) atoms. The predicted molar refractivity (Wildman–Crippen MR) is 68.8 cm³/mol. The molecule has 0 aliphatic heterocycles. The Bertz CT molecular complexity index is 426. The van der Waals surface area contributed by atoms with Crippen LogP contribution >= 0.6 is 0 Å². The molecule has 1 aromatic carbocycles. The Morgan fingerprint density at radius 2 is 2.06 bits per heavy atom. The average molecular weight is 217 g/mol. The lowest BCUT2D eigenvalue weighted by molar-refractivity contribution is 0.582. The minimum Gasteiger partial charge on any atom is -0.345 e. The summed E-state index contributed by atoms with van der Waals surface area (Å²) in [5.74, 6) is 1.69. The van der Waals surface area contributed by atoms with Gasteiger partial charge in [-0.2, -0.15) is 0 Å². The molecule has 0 bridgehead atoms. The van der Waals surface area contributed by atoms with Crippen LogP contribution in [0.2, 0.25) is 0 Å². The van der Waals surface area contributed by atoms with E-state index >= 15 is 0 Å². The number of aromatic amines is 1. The number of fused-ring (bicyclic) bond motifs is 1.